The van der Waals surface area contributed by atoms with Crippen LogP contribution in [0.4, 0.5) is 0 Å². The highest BCUT2D eigenvalue weighted by molar-refractivity contribution is 7.16. The van der Waals surface area contributed by atoms with E-state index in [0.29, 0.717) is 52.1 Å². The molecule has 0 atom stereocenters. The van der Waals surface area contributed by atoms with E-state index in [1.807, 2.05) is 19.9 Å². The Balaban J connectivity index is 1.78. The molecule has 0 saturated heterocycles. The number of fused-ring (bicyclic) bond motifs is 2. The lowest BCUT2D eigenvalue weighted by Gasteiger charge is -2.11. The van der Waals surface area contributed by atoms with E-state index in [2.05, 4.69) is 4.99 Å². The van der Waals surface area contributed by atoms with Crippen molar-refractivity contribution in [1.29, 1.82) is 0 Å². The first-order valence-electron chi connectivity index (χ1n) is 10.0. The highest BCUT2D eigenvalue weighted by Gasteiger charge is 2.20. The summed E-state index contributed by atoms with van der Waals surface area (Å²) in [6.07, 6.45) is 0. The minimum Gasteiger partial charge on any atom is -0.490 e. The number of hydrogen-bond donors (Lipinski definition) is 0. The molecule has 3 aromatic rings. The number of carbonyl (C=O) groups excluding carboxylic acids is 2. The summed E-state index contributed by atoms with van der Waals surface area (Å²) in [5, 5.41) is 0. The maximum atomic E-state index is 13.0. The second-order valence-corrected chi connectivity index (χ2v) is 7.67. The summed E-state index contributed by atoms with van der Waals surface area (Å²) >= 11 is 1.27. The van der Waals surface area contributed by atoms with Gasteiger partial charge in [0.05, 0.1) is 30.5 Å². The number of methoxy groups -OCH3 is 1. The molecule has 10 heteroatoms. The molecule has 168 valence electrons. The number of carbonyl (C=O) groups is 2. The van der Waals surface area contributed by atoms with Crippen molar-refractivity contribution in [3.8, 4) is 23.0 Å². The molecular weight excluding hydrogens is 436 g/mol. The molecule has 0 bridgehead atoms. The van der Waals surface area contributed by atoms with Crippen LogP contribution in [0.2, 0.25) is 0 Å². The van der Waals surface area contributed by atoms with E-state index in [0.717, 1.165) is 4.70 Å². The first-order valence-corrected chi connectivity index (χ1v) is 10.8. The Morgan fingerprint density at radius 1 is 1.06 bits per heavy atom. The molecule has 0 unspecified atom stereocenters. The van der Waals surface area contributed by atoms with Crippen LogP contribution in [0.5, 0.6) is 23.0 Å². The van der Waals surface area contributed by atoms with Crippen LogP contribution < -0.4 is 23.7 Å². The third kappa shape index (κ3) is 4.26. The second kappa shape index (κ2) is 9.31. The number of esters is 1. The third-order valence-electron chi connectivity index (χ3n) is 4.68. The lowest BCUT2D eigenvalue weighted by atomic mass is 10.2. The number of thiazole rings is 1. The van der Waals surface area contributed by atoms with Crippen molar-refractivity contribution in [2.45, 2.75) is 20.4 Å². The van der Waals surface area contributed by atoms with Crippen LogP contribution >= 0.6 is 11.3 Å². The van der Waals surface area contributed by atoms with Gasteiger partial charge in [-0.1, -0.05) is 11.3 Å². The molecule has 2 heterocycles. The van der Waals surface area contributed by atoms with Crippen LogP contribution in [0.1, 0.15) is 24.2 Å². The molecule has 2 aromatic carbocycles. The Morgan fingerprint density at radius 2 is 1.78 bits per heavy atom. The Morgan fingerprint density at radius 3 is 2.50 bits per heavy atom. The molecule has 1 aliphatic heterocycles. The molecule has 0 saturated carbocycles. The zero-order valence-corrected chi connectivity index (χ0v) is 18.7. The number of benzene rings is 2. The summed E-state index contributed by atoms with van der Waals surface area (Å²) in [6.45, 7) is 4.67. The smallest absolute Gasteiger partial charge is 0.325 e. The van der Waals surface area contributed by atoms with E-state index >= 15 is 0 Å². The van der Waals surface area contributed by atoms with Gasteiger partial charge in [-0.3, -0.25) is 9.59 Å². The van der Waals surface area contributed by atoms with Gasteiger partial charge in [0.1, 0.15) is 6.54 Å². The topological polar surface area (TPSA) is 97.6 Å². The summed E-state index contributed by atoms with van der Waals surface area (Å²) < 4.78 is 29.3. The summed E-state index contributed by atoms with van der Waals surface area (Å²) in [6, 6.07) is 8.50. The monoisotopic (exact) mass is 458 g/mol. The molecule has 1 aromatic heterocycles. The van der Waals surface area contributed by atoms with Gasteiger partial charge in [0.15, 0.2) is 27.8 Å². The largest absolute Gasteiger partial charge is 0.490 e. The van der Waals surface area contributed by atoms with Crippen molar-refractivity contribution in [1.82, 2.24) is 4.57 Å². The predicted molar refractivity (Wildman–Crippen MR) is 117 cm³/mol. The maximum absolute atomic E-state index is 13.0. The number of nitrogens with zero attached hydrogens (tertiary/aromatic N) is 2. The van der Waals surface area contributed by atoms with Gasteiger partial charge in [-0.2, -0.15) is 4.99 Å². The van der Waals surface area contributed by atoms with Gasteiger partial charge in [-0.05, 0) is 32.0 Å². The van der Waals surface area contributed by atoms with Crippen LogP contribution in [-0.4, -0.2) is 43.6 Å². The summed E-state index contributed by atoms with van der Waals surface area (Å²) in [5.74, 6) is 1.27. The van der Waals surface area contributed by atoms with Crippen molar-refractivity contribution in [3.63, 3.8) is 0 Å². The van der Waals surface area contributed by atoms with Crippen molar-refractivity contribution in [3.05, 3.63) is 40.7 Å². The number of ether oxygens (including phenoxy) is 5. The molecule has 0 aliphatic carbocycles. The van der Waals surface area contributed by atoms with Crippen molar-refractivity contribution >= 4 is 33.4 Å². The summed E-state index contributed by atoms with van der Waals surface area (Å²) in [4.78, 5) is 29.7. The van der Waals surface area contributed by atoms with Crippen LogP contribution in [0.15, 0.2) is 35.3 Å². The van der Waals surface area contributed by atoms with Gasteiger partial charge in [-0.15, -0.1) is 0 Å². The molecule has 1 aliphatic rings. The van der Waals surface area contributed by atoms with E-state index < -0.39 is 11.9 Å². The molecule has 4 rings (SSSR count). The Bertz CT molecular complexity index is 1250. The fourth-order valence-corrected chi connectivity index (χ4v) is 4.26. The second-order valence-electron chi connectivity index (χ2n) is 6.66. The SMILES string of the molecule is CCOc1ccc(C(=O)N=c2sc3cc4c(cc3n2CC(=O)OC)OCO4)cc1OCC. The van der Waals surface area contributed by atoms with Crippen LogP contribution in [0, 0.1) is 0 Å². The van der Waals surface area contributed by atoms with Crippen molar-refractivity contribution < 1.29 is 33.3 Å². The Hall–Kier alpha value is -3.53. The standard InChI is InChI=1S/C22H22N2O7S/c1-4-28-15-7-6-13(8-16(15)29-5-2)21(26)23-22-24(11-20(25)27-3)14-9-17-18(31-12-30-17)10-19(14)32-22/h6-10H,4-5,11-12H2,1-3H3. The Labute approximate surface area is 187 Å². The average molecular weight is 458 g/mol. The number of aromatic nitrogens is 1. The van der Waals surface area contributed by atoms with E-state index in [1.54, 1.807) is 28.8 Å². The van der Waals surface area contributed by atoms with E-state index in [1.165, 1.54) is 18.4 Å². The zero-order chi connectivity index (χ0) is 22.7. The number of amides is 1. The number of hydrogen-bond acceptors (Lipinski definition) is 8. The summed E-state index contributed by atoms with van der Waals surface area (Å²) in [5.41, 5.74) is 1.03. The average Bonchev–Trinajstić information content (AvgIpc) is 3.37. The molecule has 1 amide bonds. The summed E-state index contributed by atoms with van der Waals surface area (Å²) in [7, 11) is 1.31. The Kier molecular flexibility index (Phi) is 6.31. The maximum Gasteiger partial charge on any atom is 0.325 e. The van der Waals surface area contributed by atoms with Gasteiger partial charge < -0.3 is 28.3 Å². The van der Waals surface area contributed by atoms with Gasteiger partial charge in [0, 0.05) is 17.7 Å². The molecule has 0 N–H and O–H groups in total. The van der Waals surface area contributed by atoms with Gasteiger partial charge >= 0.3 is 5.97 Å². The highest BCUT2D eigenvalue weighted by Crippen LogP contribution is 2.37. The minimum absolute atomic E-state index is 0.101. The molecule has 9 nitrogen and oxygen atoms in total. The molecule has 0 fully saturated rings. The minimum atomic E-state index is -0.473. The van der Waals surface area contributed by atoms with E-state index in [9.17, 15) is 9.59 Å². The lowest BCUT2D eigenvalue weighted by molar-refractivity contribution is -0.141. The number of rotatable bonds is 7. The zero-order valence-electron chi connectivity index (χ0n) is 17.9. The molecule has 0 radical (unpaired) electrons. The molecule has 0 spiro atoms. The van der Waals surface area contributed by atoms with Crippen molar-refractivity contribution in [2.75, 3.05) is 27.1 Å². The normalized spacial score (nSPS) is 12.8. The third-order valence-corrected chi connectivity index (χ3v) is 5.72. The van der Waals surface area contributed by atoms with E-state index in [4.69, 9.17) is 23.7 Å². The van der Waals surface area contributed by atoms with Crippen LogP contribution in [0.3, 0.4) is 0 Å². The lowest BCUT2D eigenvalue weighted by Crippen LogP contribution is -2.22. The first kappa shape index (κ1) is 21.7. The molecular formula is C22H22N2O7S. The van der Waals surface area contributed by atoms with Crippen molar-refractivity contribution in [2.24, 2.45) is 4.99 Å². The fraction of sp³-hybridized carbons (Fsp3) is 0.318. The first-order chi connectivity index (χ1) is 15.5. The van der Waals surface area contributed by atoms with E-state index in [-0.39, 0.29) is 13.3 Å². The van der Waals surface area contributed by atoms with Crippen LogP contribution in [0.25, 0.3) is 10.2 Å². The predicted octanol–water partition coefficient (Wildman–Crippen LogP) is 3.14. The van der Waals surface area contributed by atoms with Gasteiger partial charge in [-0.25, -0.2) is 0 Å². The molecule has 32 heavy (non-hydrogen) atoms. The van der Waals surface area contributed by atoms with Gasteiger partial charge in [0.2, 0.25) is 6.79 Å². The quantitative estimate of drug-likeness (QED) is 0.502. The van der Waals surface area contributed by atoms with Gasteiger partial charge in [0.25, 0.3) is 5.91 Å². The van der Waals surface area contributed by atoms with Crippen LogP contribution in [-0.2, 0) is 16.1 Å². The fourth-order valence-electron chi connectivity index (χ4n) is 3.23. The highest BCUT2D eigenvalue weighted by atomic mass is 32.1.